The van der Waals surface area contributed by atoms with E-state index in [2.05, 4.69) is 19.6 Å². The van der Waals surface area contributed by atoms with Crippen molar-refractivity contribution in [1.82, 2.24) is 0 Å². The molecular weight excluding hydrogens is 184 g/mol. The first-order chi connectivity index (χ1) is 6.16. The molecule has 0 aromatic heterocycles. The van der Waals surface area contributed by atoms with Gasteiger partial charge in [-0.05, 0) is 19.3 Å². The molecular formula is C10H20O2S. The largest absolute Gasteiger partial charge is 0.466 e. The first kappa shape index (κ1) is 12.8. The van der Waals surface area contributed by atoms with E-state index in [-0.39, 0.29) is 5.97 Å². The van der Waals surface area contributed by atoms with Crippen molar-refractivity contribution in [3.63, 3.8) is 0 Å². The van der Waals surface area contributed by atoms with E-state index in [0.29, 0.717) is 11.9 Å². The highest BCUT2D eigenvalue weighted by molar-refractivity contribution is 7.80. The molecule has 0 saturated carbocycles. The standard InChI is InChI=1S/C10H20O2S/c1-3-4-6-10(13)7-5-8-12-9(2)11/h10,13H,3-8H2,1-2H3. The Kier molecular flexibility index (Phi) is 8.30. The molecule has 1 unspecified atom stereocenters. The zero-order valence-electron chi connectivity index (χ0n) is 8.58. The number of unbranched alkanes of at least 4 members (excludes halogenated alkanes) is 1. The Morgan fingerprint density at radius 3 is 2.54 bits per heavy atom. The van der Waals surface area contributed by atoms with Gasteiger partial charge >= 0.3 is 5.97 Å². The summed E-state index contributed by atoms with van der Waals surface area (Å²) < 4.78 is 4.82. The molecule has 2 nitrogen and oxygen atoms in total. The zero-order chi connectivity index (χ0) is 10.1. The van der Waals surface area contributed by atoms with Crippen molar-refractivity contribution in [1.29, 1.82) is 0 Å². The third-order valence-corrected chi connectivity index (χ3v) is 2.39. The van der Waals surface area contributed by atoms with Gasteiger partial charge in [0, 0.05) is 12.2 Å². The van der Waals surface area contributed by atoms with Crippen LogP contribution in [0.3, 0.4) is 0 Å². The molecule has 0 spiro atoms. The Morgan fingerprint density at radius 1 is 1.38 bits per heavy atom. The number of esters is 1. The van der Waals surface area contributed by atoms with Gasteiger partial charge in [0.05, 0.1) is 6.61 Å². The maximum absolute atomic E-state index is 10.4. The topological polar surface area (TPSA) is 26.3 Å². The lowest BCUT2D eigenvalue weighted by molar-refractivity contribution is -0.141. The van der Waals surface area contributed by atoms with E-state index < -0.39 is 0 Å². The minimum atomic E-state index is -0.190. The lowest BCUT2D eigenvalue weighted by Crippen LogP contribution is -2.04. The fourth-order valence-electron chi connectivity index (χ4n) is 1.12. The van der Waals surface area contributed by atoms with Crippen LogP contribution in [-0.2, 0) is 9.53 Å². The van der Waals surface area contributed by atoms with Crippen molar-refractivity contribution in [3.05, 3.63) is 0 Å². The van der Waals surface area contributed by atoms with E-state index in [1.807, 2.05) is 0 Å². The van der Waals surface area contributed by atoms with Crippen LogP contribution in [0.25, 0.3) is 0 Å². The molecule has 0 aromatic rings. The summed E-state index contributed by atoms with van der Waals surface area (Å²) in [6, 6.07) is 0. The number of ether oxygens (including phenoxy) is 1. The number of thiol groups is 1. The summed E-state index contributed by atoms with van der Waals surface area (Å²) in [7, 11) is 0. The first-order valence-electron chi connectivity index (χ1n) is 4.98. The smallest absolute Gasteiger partial charge is 0.302 e. The van der Waals surface area contributed by atoms with Crippen molar-refractivity contribution in [3.8, 4) is 0 Å². The van der Waals surface area contributed by atoms with Crippen LogP contribution in [0.15, 0.2) is 0 Å². The molecule has 0 bridgehead atoms. The second-order valence-electron chi connectivity index (χ2n) is 3.28. The number of carbonyl (C=O) groups is 1. The van der Waals surface area contributed by atoms with E-state index in [9.17, 15) is 4.79 Å². The number of carbonyl (C=O) groups excluding carboxylic acids is 1. The highest BCUT2D eigenvalue weighted by atomic mass is 32.1. The van der Waals surface area contributed by atoms with Gasteiger partial charge in [-0.2, -0.15) is 12.6 Å². The van der Waals surface area contributed by atoms with Crippen LogP contribution in [-0.4, -0.2) is 17.8 Å². The summed E-state index contributed by atoms with van der Waals surface area (Å²) in [6.45, 7) is 4.16. The summed E-state index contributed by atoms with van der Waals surface area (Å²) in [5.74, 6) is -0.190. The summed E-state index contributed by atoms with van der Waals surface area (Å²) >= 11 is 4.45. The third-order valence-electron chi connectivity index (χ3n) is 1.88. The molecule has 0 radical (unpaired) electrons. The molecule has 0 rings (SSSR count). The quantitative estimate of drug-likeness (QED) is 0.392. The number of rotatable bonds is 7. The van der Waals surface area contributed by atoms with Gasteiger partial charge in [-0.25, -0.2) is 0 Å². The van der Waals surface area contributed by atoms with Gasteiger partial charge in [-0.15, -0.1) is 0 Å². The molecule has 13 heavy (non-hydrogen) atoms. The Hall–Kier alpha value is -0.180. The highest BCUT2D eigenvalue weighted by Crippen LogP contribution is 2.12. The second-order valence-corrected chi connectivity index (χ2v) is 4.01. The predicted octanol–water partition coefficient (Wildman–Crippen LogP) is 2.82. The van der Waals surface area contributed by atoms with Crippen LogP contribution in [0, 0.1) is 0 Å². The lowest BCUT2D eigenvalue weighted by Gasteiger charge is -2.09. The van der Waals surface area contributed by atoms with Crippen LogP contribution in [0.5, 0.6) is 0 Å². The molecule has 0 fully saturated rings. The van der Waals surface area contributed by atoms with Gasteiger partial charge in [0.1, 0.15) is 0 Å². The van der Waals surface area contributed by atoms with Crippen LogP contribution in [0.1, 0.15) is 46.0 Å². The predicted molar refractivity (Wildman–Crippen MR) is 58.2 cm³/mol. The average Bonchev–Trinajstić information content (AvgIpc) is 2.08. The van der Waals surface area contributed by atoms with Crippen molar-refractivity contribution >= 4 is 18.6 Å². The molecule has 78 valence electrons. The molecule has 0 amide bonds. The van der Waals surface area contributed by atoms with E-state index >= 15 is 0 Å². The van der Waals surface area contributed by atoms with E-state index in [1.165, 1.54) is 26.2 Å². The van der Waals surface area contributed by atoms with Gasteiger partial charge in [0.25, 0.3) is 0 Å². The first-order valence-corrected chi connectivity index (χ1v) is 5.50. The van der Waals surface area contributed by atoms with Crippen molar-refractivity contribution < 1.29 is 9.53 Å². The molecule has 0 N–H and O–H groups in total. The summed E-state index contributed by atoms with van der Waals surface area (Å²) in [6.07, 6.45) is 5.59. The van der Waals surface area contributed by atoms with Gasteiger partial charge in [0.2, 0.25) is 0 Å². The van der Waals surface area contributed by atoms with E-state index in [4.69, 9.17) is 4.74 Å². The van der Waals surface area contributed by atoms with Crippen molar-refractivity contribution in [2.24, 2.45) is 0 Å². The molecule has 3 heteroatoms. The molecule has 0 aromatic carbocycles. The van der Waals surface area contributed by atoms with Crippen molar-refractivity contribution in [2.45, 2.75) is 51.2 Å². The molecule has 0 aliphatic carbocycles. The van der Waals surface area contributed by atoms with Crippen LogP contribution >= 0.6 is 12.6 Å². The van der Waals surface area contributed by atoms with Crippen LogP contribution in [0.4, 0.5) is 0 Å². The minimum Gasteiger partial charge on any atom is -0.466 e. The maximum Gasteiger partial charge on any atom is 0.302 e. The third kappa shape index (κ3) is 9.74. The Balaban J connectivity index is 3.16. The highest BCUT2D eigenvalue weighted by Gasteiger charge is 2.02. The summed E-state index contributed by atoms with van der Waals surface area (Å²) in [5.41, 5.74) is 0. The van der Waals surface area contributed by atoms with Gasteiger partial charge < -0.3 is 4.74 Å². The van der Waals surface area contributed by atoms with Crippen LogP contribution < -0.4 is 0 Å². The molecule has 0 heterocycles. The lowest BCUT2D eigenvalue weighted by atomic mass is 10.1. The summed E-state index contributed by atoms with van der Waals surface area (Å²) in [4.78, 5) is 10.4. The van der Waals surface area contributed by atoms with Gasteiger partial charge in [-0.1, -0.05) is 19.8 Å². The number of hydrogen-bond acceptors (Lipinski definition) is 3. The van der Waals surface area contributed by atoms with E-state index in [0.717, 1.165) is 12.8 Å². The summed E-state index contributed by atoms with van der Waals surface area (Å²) in [5, 5.41) is 0.468. The Bertz CT molecular complexity index is 137. The van der Waals surface area contributed by atoms with E-state index in [1.54, 1.807) is 0 Å². The normalized spacial score (nSPS) is 12.5. The van der Waals surface area contributed by atoms with Gasteiger partial charge in [0.15, 0.2) is 0 Å². The Labute approximate surface area is 86.5 Å². The van der Waals surface area contributed by atoms with Crippen molar-refractivity contribution in [2.75, 3.05) is 6.61 Å². The molecule has 0 saturated heterocycles. The minimum absolute atomic E-state index is 0.190. The second kappa shape index (κ2) is 8.42. The fraction of sp³-hybridized carbons (Fsp3) is 0.900. The SMILES string of the molecule is CCCCC(S)CCCOC(C)=O. The van der Waals surface area contributed by atoms with Gasteiger partial charge in [-0.3, -0.25) is 4.79 Å². The monoisotopic (exact) mass is 204 g/mol. The fourth-order valence-corrected chi connectivity index (χ4v) is 1.48. The molecule has 1 atom stereocenters. The van der Waals surface area contributed by atoms with Crippen LogP contribution in [0.2, 0.25) is 0 Å². The number of hydrogen-bond donors (Lipinski definition) is 1. The Morgan fingerprint density at radius 2 is 2.00 bits per heavy atom. The molecule has 0 aliphatic rings. The molecule has 0 aliphatic heterocycles. The average molecular weight is 204 g/mol. The maximum atomic E-state index is 10.4. The zero-order valence-corrected chi connectivity index (χ0v) is 9.48.